The molecule has 8 heteroatoms. The molecule has 0 aliphatic carbocycles. The zero-order valence-electron chi connectivity index (χ0n) is 14.9. The lowest BCUT2D eigenvalue weighted by Crippen LogP contribution is -2.28. The fourth-order valence-electron chi connectivity index (χ4n) is 3.10. The number of benzene rings is 2. The largest absolute Gasteiger partial charge is 0.337 e. The number of halogens is 2. The zero-order valence-corrected chi connectivity index (χ0v) is 16.5. The van der Waals surface area contributed by atoms with Gasteiger partial charge in [0.1, 0.15) is 18.4 Å². The van der Waals surface area contributed by atoms with E-state index < -0.39 is 5.82 Å². The summed E-state index contributed by atoms with van der Waals surface area (Å²) in [4.78, 5) is 26.9. The Kier molecular flexibility index (Phi) is 5.05. The van der Waals surface area contributed by atoms with Crippen molar-refractivity contribution >= 4 is 34.8 Å². The topological polar surface area (TPSA) is 73.2 Å². The Balaban J connectivity index is 1.84. The Morgan fingerprint density at radius 2 is 2.03 bits per heavy atom. The molecule has 1 aliphatic heterocycles. The zero-order chi connectivity index (χ0) is 20.5. The van der Waals surface area contributed by atoms with Gasteiger partial charge in [-0.1, -0.05) is 29.8 Å². The van der Waals surface area contributed by atoms with Crippen molar-refractivity contribution in [3.63, 3.8) is 0 Å². The third-order valence-corrected chi connectivity index (χ3v) is 5.92. The third-order valence-electron chi connectivity index (χ3n) is 4.52. The van der Waals surface area contributed by atoms with Crippen LogP contribution in [0.2, 0.25) is 5.02 Å². The average Bonchev–Trinajstić information content (AvgIpc) is 3.35. The number of thiophene rings is 1. The second-order valence-electron chi connectivity index (χ2n) is 6.43. The van der Waals surface area contributed by atoms with Gasteiger partial charge in [0, 0.05) is 15.5 Å². The highest BCUT2D eigenvalue weighted by Crippen LogP contribution is 2.41. The third kappa shape index (κ3) is 3.73. The minimum absolute atomic E-state index is 0.00763. The minimum atomic E-state index is -0.602. The first-order valence-electron chi connectivity index (χ1n) is 8.62. The molecule has 0 unspecified atom stereocenters. The number of hydrogen-bond donors (Lipinski definition) is 1. The second-order valence-corrected chi connectivity index (χ2v) is 7.92. The molecule has 4 rings (SSSR count). The molecule has 144 valence electrons. The summed E-state index contributed by atoms with van der Waals surface area (Å²) in [5.41, 5.74) is 2.09. The number of carbonyl (C=O) groups is 2. The van der Waals surface area contributed by atoms with Gasteiger partial charge in [-0.3, -0.25) is 9.59 Å². The number of rotatable bonds is 3. The van der Waals surface area contributed by atoms with Crippen molar-refractivity contribution in [1.82, 2.24) is 10.2 Å². The van der Waals surface area contributed by atoms with Gasteiger partial charge in [-0.2, -0.15) is 5.26 Å². The first-order valence-corrected chi connectivity index (χ1v) is 9.81. The van der Waals surface area contributed by atoms with Gasteiger partial charge in [0.25, 0.3) is 5.91 Å². The molecule has 2 aromatic carbocycles. The fraction of sp³-hybridized carbons (Fsp3) is 0.0952. The highest BCUT2D eigenvalue weighted by molar-refractivity contribution is 7.18. The van der Waals surface area contributed by atoms with Gasteiger partial charge in [0.15, 0.2) is 0 Å². The Morgan fingerprint density at radius 1 is 1.21 bits per heavy atom. The molecule has 0 bridgehead atoms. The first-order chi connectivity index (χ1) is 14.0. The van der Waals surface area contributed by atoms with Crippen molar-refractivity contribution in [2.45, 2.75) is 0 Å². The Labute approximate surface area is 174 Å². The molecule has 0 spiro atoms. The molecule has 1 N–H and O–H groups in total. The Morgan fingerprint density at radius 3 is 2.72 bits per heavy atom. The molecule has 5 nitrogen and oxygen atoms in total. The number of amides is 2. The number of nitriles is 1. The molecule has 0 atom stereocenters. The van der Waals surface area contributed by atoms with E-state index in [0.29, 0.717) is 20.3 Å². The molecule has 1 aliphatic rings. The minimum Gasteiger partial charge on any atom is -0.337 e. The van der Waals surface area contributed by atoms with E-state index in [1.807, 2.05) is 12.1 Å². The molecule has 0 saturated carbocycles. The molecule has 29 heavy (non-hydrogen) atoms. The van der Waals surface area contributed by atoms with Crippen molar-refractivity contribution in [2.24, 2.45) is 0 Å². The normalized spacial score (nSPS) is 13.3. The quantitative estimate of drug-likeness (QED) is 0.680. The van der Waals surface area contributed by atoms with E-state index >= 15 is 0 Å². The highest BCUT2D eigenvalue weighted by Gasteiger charge is 2.27. The van der Waals surface area contributed by atoms with Crippen molar-refractivity contribution < 1.29 is 14.0 Å². The molecule has 2 amide bonds. The number of nitrogens with zero attached hydrogens (tertiary/aromatic N) is 2. The highest BCUT2D eigenvalue weighted by atomic mass is 35.5. The Bertz CT molecular complexity index is 1180. The van der Waals surface area contributed by atoms with Crippen LogP contribution in [0.4, 0.5) is 4.39 Å². The van der Waals surface area contributed by atoms with E-state index in [4.69, 9.17) is 11.6 Å². The van der Waals surface area contributed by atoms with Crippen LogP contribution in [0.1, 0.15) is 15.2 Å². The molecule has 1 fully saturated rings. The van der Waals surface area contributed by atoms with Gasteiger partial charge >= 0.3 is 0 Å². The van der Waals surface area contributed by atoms with Crippen LogP contribution in [0.5, 0.6) is 0 Å². The van der Waals surface area contributed by atoms with Crippen LogP contribution >= 0.6 is 22.9 Å². The summed E-state index contributed by atoms with van der Waals surface area (Å²) in [5.74, 6) is -1.08. The number of hydrogen-bond acceptors (Lipinski definition) is 4. The standard InChI is InChI=1S/C21H13ClFN3O2S/c22-15-3-1-2-12(7-15)16-8-18(21(28)26-10-19(27)25-11-26)29-20(16)13-4-5-17(23)14(6-13)9-24/h1-8H,10-11H2,(H,25,27). The molecule has 1 aromatic heterocycles. The van der Waals surface area contributed by atoms with Crippen LogP contribution in [0, 0.1) is 17.1 Å². The number of nitrogens with one attached hydrogen (secondary N) is 1. The summed E-state index contributed by atoms with van der Waals surface area (Å²) in [5, 5.41) is 12.3. The van der Waals surface area contributed by atoms with Crippen LogP contribution in [-0.4, -0.2) is 29.9 Å². The lowest BCUT2D eigenvalue weighted by atomic mass is 10.0. The van der Waals surface area contributed by atoms with E-state index in [1.54, 1.807) is 30.3 Å². The van der Waals surface area contributed by atoms with E-state index in [1.165, 1.54) is 28.4 Å². The van der Waals surface area contributed by atoms with Gasteiger partial charge in [-0.25, -0.2) is 4.39 Å². The monoisotopic (exact) mass is 425 g/mol. The van der Waals surface area contributed by atoms with Crippen molar-refractivity contribution in [3.05, 3.63) is 69.8 Å². The lowest BCUT2D eigenvalue weighted by molar-refractivity contribution is -0.118. The molecule has 2 heterocycles. The lowest BCUT2D eigenvalue weighted by Gasteiger charge is -2.11. The summed E-state index contributed by atoms with van der Waals surface area (Å²) < 4.78 is 13.8. The Hall–Kier alpha value is -3.21. The van der Waals surface area contributed by atoms with E-state index in [0.717, 1.165) is 11.1 Å². The molecular formula is C21H13ClFN3O2S. The predicted octanol–water partition coefficient (Wildman–Crippen LogP) is 4.28. The van der Waals surface area contributed by atoms with Crippen LogP contribution in [-0.2, 0) is 4.79 Å². The van der Waals surface area contributed by atoms with Crippen molar-refractivity contribution in [3.8, 4) is 27.6 Å². The first kappa shape index (κ1) is 19.1. The summed E-state index contributed by atoms with van der Waals surface area (Å²) >= 11 is 7.37. The van der Waals surface area contributed by atoms with Crippen LogP contribution in [0.3, 0.4) is 0 Å². The van der Waals surface area contributed by atoms with Crippen LogP contribution < -0.4 is 5.32 Å². The van der Waals surface area contributed by atoms with Gasteiger partial charge in [0.2, 0.25) is 5.91 Å². The maximum atomic E-state index is 13.8. The van der Waals surface area contributed by atoms with Crippen molar-refractivity contribution in [1.29, 1.82) is 5.26 Å². The summed E-state index contributed by atoms with van der Waals surface area (Å²) in [6, 6.07) is 15.0. The van der Waals surface area contributed by atoms with Gasteiger partial charge in [-0.15, -0.1) is 11.3 Å². The average molecular weight is 426 g/mol. The van der Waals surface area contributed by atoms with E-state index in [2.05, 4.69) is 5.32 Å². The summed E-state index contributed by atoms with van der Waals surface area (Å²) in [6.07, 6.45) is 0. The maximum absolute atomic E-state index is 13.8. The number of carbonyl (C=O) groups excluding carboxylic acids is 2. The molecular weight excluding hydrogens is 413 g/mol. The van der Waals surface area contributed by atoms with Crippen LogP contribution in [0.25, 0.3) is 21.6 Å². The SMILES string of the molecule is N#Cc1cc(-c2sc(C(=O)N3CNC(=O)C3)cc2-c2cccc(Cl)c2)ccc1F. The van der Waals surface area contributed by atoms with E-state index in [-0.39, 0.29) is 30.6 Å². The van der Waals surface area contributed by atoms with Gasteiger partial charge in [0.05, 0.1) is 17.1 Å². The van der Waals surface area contributed by atoms with Crippen LogP contribution in [0.15, 0.2) is 48.5 Å². The maximum Gasteiger partial charge on any atom is 0.265 e. The molecule has 0 radical (unpaired) electrons. The van der Waals surface area contributed by atoms with Gasteiger partial charge < -0.3 is 10.2 Å². The van der Waals surface area contributed by atoms with Crippen molar-refractivity contribution in [2.75, 3.05) is 13.2 Å². The molecule has 1 saturated heterocycles. The van der Waals surface area contributed by atoms with Gasteiger partial charge in [-0.05, 0) is 41.5 Å². The predicted molar refractivity (Wildman–Crippen MR) is 109 cm³/mol. The summed E-state index contributed by atoms with van der Waals surface area (Å²) in [6.45, 7) is 0.167. The fourth-order valence-corrected chi connectivity index (χ4v) is 4.44. The smallest absolute Gasteiger partial charge is 0.265 e. The summed E-state index contributed by atoms with van der Waals surface area (Å²) in [7, 11) is 0. The molecule has 3 aromatic rings. The second kappa shape index (κ2) is 7.66. The van der Waals surface area contributed by atoms with E-state index in [9.17, 15) is 19.2 Å².